The summed E-state index contributed by atoms with van der Waals surface area (Å²) in [7, 11) is 0. The Morgan fingerprint density at radius 2 is 2.27 bits per heavy atom. The first kappa shape index (κ1) is 19.2. The topological polar surface area (TPSA) is 77.4 Å². The van der Waals surface area contributed by atoms with Gasteiger partial charge in [-0.1, -0.05) is 11.6 Å². The molecule has 1 unspecified atom stereocenters. The van der Waals surface area contributed by atoms with Crippen molar-refractivity contribution >= 4 is 53.6 Å². The van der Waals surface area contributed by atoms with Crippen molar-refractivity contribution in [1.29, 1.82) is 5.26 Å². The number of rotatable bonds is 2. The standard InChI is InChI=1S/C17H19ClN4O2S2/c1-17(2,3)24-16(23)22-7-6-9-12(22)5-4-11(18)13(9)20-15-10(8-19)14(25)21-26-15/h4-5,14,20-21,25H,6-7H2,1-3H3. The zero-order valence-corrected chi connectivity index (χ0v) is 17.1. The number of anilines is 2. The molecule has 1 amide bonds. The highest BCUT2D eigenvalue weighted by Crippen LogP contribution is 2.41. The molecule has 26 heavy (non-hydrogen) atoms. The van der Waals surface area contributed by atoms with E-state index in [2.05, 4.69) is 28.7 Å². The van der Waals surface area contributed by atoms with E-state index in [-0.39, 0.29) is 11.5 Å². The summed E-state index contributed by atoms with van der Waals surface area (Å²) in [4.78, 5) is 14.1. The van der Waals surface area contributed by atoms with E-state index in [1.807, 2.05) is 26.8 Å². The van der Waals surface area contributed by atoms with Crippen molar-refractivity contribution in [3.8, 4) is 6.07 Å². The fourth-order valence-electron chi connectivity index (χ4n) is 2.77. The summed E-state index contributed by atoms with van der Waals surface area (Å²) >= 11 is 12.0. The van der Waals surface area contributed by atoms with Gasteiger partial charge in [0.1, 0.15) is 16.7 Å². The molecular weight excluding hydrogens is 392 g/mol. The van der Waals surface area contributed by atoms with Crippen molar-refractivity contribution in [2.24, 2.45) is 0 Å². The first-order chi connectivity index (χ1) is 12.2. The van der Waals surface area contributed by atoms with Crippen LogP contribution in [-0.4, -0.2) is 23.6 Å². The summed E-state index contributed by atoms with van der Waals surface area (Å²) in [5.41, 5.74) is 2.34. The predicted octanol–water partition coefficient (Wildman–Crippen LogP) is 4.29. The minimum atomic E-state index is -0.562. The summed E-state index contributed by atoms with van der Waals surface area (Å²) in [6, 6.07) is 5.71. The van der Waals surface area contributed by atoms with Gasteiger partial charge in [-0.2, -0.15) is 17.9 Å². The molecule has 3 rings (SSSR count). The van der Waals surface area contributed by atoms with Crippen LogP contribution in [0.3, 0.4) is 0 Å². The van der Waals surface area contributed by atoms with Gasteiger partial charge in [-0.05, 0) is 51.3 Å². The van der Waals surface area contributed by atoms with Crippen molar-refractivity contribution in [1.82, 2.24) is 4.72 Å². The Bertz CT molecular complexity index is 829. The zero-order valence-electron chi connectivity index (χ0n) is 14.6. The Labute approximate surface area is 167 Å². The number of nitrogens with zero attached hydrogens (tertiary/aromatic N) is 2. The second-order valence-electron chi connectivity index (χ2n) is 6.90. The third kappa shape index (κ3) is 3.76. The van der Waals surface area contributed by atoms with E-state index < -0.39 is 5.60 Å². The lowest BCUT2D eigenvalue weighted by molar-refractivity contribution is 0.0584. The number of halogens is 1. The van der Waals surface area contributed by atoms with Crippen molar-refractivity contribution in [2.75, 3.05) is 16.8 Å². The van der Waals surface area contributed by atoms with Crippen LogP contribution in [0.5, 0.6) is 0 Å². The maximum atomic E-state index is 12.5. The first-order valence-corrected chi connectivity index (χ1v) is 9.76. The number of carbonyl (C=O) groups excluding carboxylic acids is 1. The molecule has 2 heterocycles. The molecule has 0 aromatic heterocycles. The molecule has 6 nitrogen and oxygen atoms in total. The monoisotopic (exact) mass is 410 g/mol. The molecule has 1 aromatic rings. The fourth-order valence-corrected chi connectivity index (χ4v) is 4.20. The number of thiol groups is 1. The number of nitriles is 1. The lowest BCUT2D eigenvalue weighted by atomic mass is 10.1. The largest absolute Gasteiger partial charge is 0.443 e. The smallest absolute Gasteiger partial charge is 0.414 e. The third-order valence-corrected chi connectivity index (χ3v) is 5.63. The van der Waals surface area contributed by atoms with E-state index in [9.17, 15) is 10.1 Å². The van der Waals surface area contributed by atoms with Crippen molar-refractivity contribution in [3.05, 3.63) is 33.3 Å². The van der Waals surface area contributed by atoms with Gasteiger partial charge in [0.15, 0.2) is 0 Å². The number of hydrogen-bond donors (Lipinski definition) is 3. The molecule has 0 spiro atoms. The summed E-state index contributed by atoms with van der Waals surface area (Å²) in [5, 5.41) is 13.4. The normalized spacial score (nSPS) is 19.4. The molecule has 0 fully saturated rings. The van der Waals surface area contributed by atoms with Crippen molar-refractivity contribution in [2.45, 2.75) is 38.2 Å². The van der Waals surface area contributed by atoms with Gasteiger partial charge in [0.05, 0.1) is 27.3 Å². The number of nitrogens with one attached hydrogen (secondary N) is 2. The van der Waals surface area contributed by atoms with Crippen LogP contribution in [0.25, 0.3) is 0 Å². The maximum Gasteiger partial charge on any atom is 0.414 e. The van der Waals surface area contributed by atoms with Gasteiger partial charge >= 0.3 is 6.09 Å². The summed E-state index contributed by atoms with van der Waals surface area (Å²) in [6.07, 6.45) is 0.267. The molecule has 0 radical (unpaired) electrons. The Balaban J connectivity index is 1.92. The second-order valence-corrected chi connectivity index (χ2v) is 8.68. The number of hydrogen-bond acceptors (Lipinski definition) is 7. The van der Waals surface area contributed by atoms with Crippen LogP contribution in [0.4, 0.5) is 16.2 Å². The van der Waals surface area contributed by atoms with Crippen LogP contribution in [0.1, 0.15) is 26.3 Å². The van der Waals surface area contributed by atoms with E-state index in [1.54, 1.807) is 11.0 Å². The highest BCUT2D eigenvalue weighted by molar-refractivity contribution is 8.02. The average Bonchev–Trinajstić information content (AvgIpc) is 3.12. The zero-order chi connectivity index (χ0) is 19.1. The SMILES string of the molecule is CC(C)(C)OC(=O)N1CCc2c1ccc(Cl)c2NC1=C(C#N)C(S)NS1. The molecule has 0 bridgehead atoms. The van der Waals surface area contributed by atoms with E-state index >= 15 is 0 Å². The van der Waals surface area contributed by atoms with Gasteiger partial charge in [-0.25, -0.2) is 9.52 Å². The molecule has 0 saturated carbocycles. The van der Waals surface area contributed by atoms with Crippen LogP contribution in [0.2, 0.25) is 5.02 Å². The fraction of sp³-hybridized carbons (Fsp3) is 0.412. The Morgan fingerprint density at radius 1 is 1.54 bits per heavy atom. The van der Waals surface area contributed by atoms with Gasteiger partial charge < -0.3 is 10.1 Å². The van der Waals surface area contributed by atoms with Crippen LogP contribution in [0.15, 0.2) is 22.7 Å². The van der Waals surface area contributed by atoms with E-state index in [0.29, 0.717) is 34.3 Å². The van der Waals surface area contributed by atoms with Crippen LogP contribution >= 0.6 is 36.2 Å². The Hall–Kier alpha value is -1.53. The molecule has 1 aromatic carbocycles. The number of benzene rings is 1. The van der Waals surface area contributed by atoms with Crippen molar-refractivity contribution < 1.29 is 9.53 Å². The van der Waals surface area contributed by atoms with Crippen LogP contribution in [0, 0.1) is 11.3 Å². The molecule has 138 valence electrons. The molecule has 2 aliphatic heterocycles. The Kier molecular flexibility index (Phi) is 5.35. The summed E-state index contributed by atoms with van der Waals surface area (Å²) in [5.74, 6) is 0. The second kappa shape index (κ2) is 7.24. The summed E-state index contributed by atoms with van der Waals surface area (Å²) < 4.78 is 8.51. The first-order valence-electron chi connectivity index (χ1n) is 8.05. The number of carbonyl (C=O) groups is 1. The third-order valence-electron chi connectivity index (χ3n) is 3.88. The predicted molar refractivity (Wildman–Crippen MR) is 108 cm³/mol. The molecule has 0 saturated heterocycles. The molecule has 2 N–H and O–H groups in total. The highest BCUT2D eigenvalue weighted by atomic mass is 35.5. The van der Waals surface area contributed by atoms with Gasteiger partial charge in [0, 0.05) is 12.1 Å². The van der Waals surface area contributed by atoms with E-state index in [1.165, 1.54) is 11.9 Å². The number of amides is 1. The van der Waals surface area contributed by atoms with Crippen molar-refractivity contribution in [3.63, 3.8) is 0 Å². The van der Waals surface area contributed by atoms with E-state index in [4.69, 9.17) is 16.3 Å². The molecule has 0 aliphatic carbocycles. The number of fused-ring (bicyclic) bond motifs is 1. The van der Waals surface area contributed by atoms with E-state index in [0.717, 1.165) is 11.3 Å². The van der Waals surface area contributed by atoms with Crippen LogP contribution < -0.4 is 14.9 Å². The van der Waals surface area contributed by atoms with Gasteiger partial charge in [0.2, 0.25) is 0 Å². The average molecular weight is 411 g/mol. The maximum absolute atomic E-state index is 12.5. The Morgan fingerprint density at radius 3 is 2.92 bits per heavy atom. The minimum absolute atomic E-state index is 0.332. The van der Waals surface area contributed by atoms with Crippen LogP contribution in [-0.2, 0) is 11.2 Å². The van der Waals surface area contributed by atoms with Gasteiger partial charge in [0.25, 0.3) is 0 Å². The molecule has 1 atom stereocenters. The number of ether oxygens (including phenoxy) is 1. The molecule has 9 heteroatoms. The lowest BCUT2D eigenvalue weighted by Gasteiger charge is -2.25. The quantitative estimate of drug-likeness (QED) is 0.498. The lowest BCUT2D eigenvalue weighted by Crippen LogP contribution is -2.35. The molecule has 2 aliphatic rings. The van der Waals surface area contributed by atoms with Gasteiger partial charge in [-0.3, -0.25) is 4.90 Å². The minimum Gasteiger partial charge on any atom is -0.443 e. The highest BCUT2D eigenvalue weighted by Gasteiger charge is 2.32. The summed E-state index contributed by atoms with van der Waals surface area (Å²) in [6.45, 7) is 6.03. The van der Waals surface area contributed by atoms with Gasteiger partial charge in [-0.15, -0.1) is 0 Å². The molecular formula is C17H19ClN4O2S2.